The summed E-state index contributed by atoms with van der Waals surface area (Å²) in [5, 5.41) is 0. The number of carbonyl (C=O) groups excluding carboxylic acids is 1. The summed E-state index contributed by atoms with van der Waals surface area (Å²) in [5.74, 6) is -0.199. The smallest absolute Gasteiger partial charge is 0.254 e. The monoisotopic (exact) mass is 354 g/mol. The van der Waals surface area contributed by atoms with Crippen molar-refractivity contribution in [2.24, 2.45) is 0 Å². The molecule has 0 aromatic heterocycles. The third kappa shape index (κ3) is 3.44. The normalized spacial score (nSPS) is 20.4. The molecule has 0 aliphatic carbocycles. The molecule has 1 amide bonds. The largest absolute Gasteiger partial charge is 0.378 e. The van der Waals surface area contributed by atoms with E-state index in [9.17, 15) is 9.18 Å². The molecule has 2 aliphatic rings. The highest BCUT2D eigenvalue weighted by atomic mass is 19.1. The van der Waals surface area contributed by atoms with Gasteiger partial charge in [0.1, 0.15) is 5.82 Å². The van der Waals surface area contributed by atoms with Crippen molar-refractivity contribution < 1.29 is 13.9 Å². The summed E-state index contributed by atoms with van der Waals surface area (Å²) in [6.07, 6.45) is 1.89. The fourth-order valence-electron chi connectivity index (χ4n) is 3.86. The number of ether oxygens (including phenoxy) is 1. The zero-order chi connectivity index (χ0) is 17.9. The van der Waals surface area contributed by atoms with Gasteiger partial charge >= 0.3 is 0 Å². The second kappa shape index (κ2) is 7.46. The molecule has 4 nitrogen and oxygen atoms in total. The van der Waals surface area contributed by atoms with Crippen LogP contribution in [0.25, 0.3) is 0 Å². The number of benzene rings is 2. The van der Waals surface area contributed by atoms with Crippen LogP contribution >= 0.6 is 0 Å². The molecule has 0 saturated carbocycles. The van der Waals surface area contributed by atoms with Crippen LogP contribution in [0.2, 0.25) is 0 Å². The molecule has 1 atom stereocenters. The van der Waals surface area contributed by atoms with Crippen LogP contribution in [0.3, 0.4) is 0 Å². The Morgan fingerprint density at radius 3 is 2.58 bits per heavy atom. The molecule has 0 bridgehead atoms. The van der Waals surface area contributed by atoms with Crippen LogP contribution in [0.1, 0.15) is 34.8 Å². The van der Waals surface area contributed by atoms with E-state index >= 15 is 0 Å². The summed E-state index contributed by atoms with van der Waals surface area (Å²) < 4.78 is 18.6. The van der Waals surface area contributed by atoms with Gasteiger partial charge in [-0.2, -0.15) is 0 Å². The SMILES string of the molecule is O=C(c1cccc(N2CCOCC2)c1)N1CCC[C@@H]1c1ccc(F)cc1. The molecule has 0 spiro atoms. The van der Waals surface area contributed by atoms with E-state index in [0.717, 1.165) is 56.9 Å². The van der Waals surface area contributed by atoms with Crippen molar-refractivity contribution in [3.8, 4) is 0 Å². The maximum atomic E-state index is 13.2. The van der Waals surface area contributed by atoms with Crippen LogP contribution in [0.5, 0.6) is 0 Å². The Morgan fingerprint density at radius 2 is 1.81 bits per heavy atom. The molecule has 26 heavy (non-hydrogen) atoms. The predicted molar refractivity (Wildman–Crippen MR) is 98.9 cm³/mol. The molecule has 0 N–H and O–H groups in total. The molecular formula is C21H23FN2O2. The van der Waals surface area contributed by atoms with Gasteiger partial charge in [-0.25, -0.2) is 4.39 Å². The second-order valence-electron chi connectivity index (χ2n) is 6.86. The Kier molecular flexibility index (Phi) is 4.89. The lowest BCUT2D eigenvalue weighted by Gasteiger charge is -2.30. The van der Waals surface area contributed by atoms with E-state index in [0.29, 0.717) is 5.56 Å². The first-order chi connectivity index (χ1) is 12.7. The lowest BCUT2D eigenvalue weighted by molar-refractivity contribution is 0.0735. The number of hydrogen-bond acceptors (Lipinski definition) is 3. The van der Waals surface area contributed by atoms with Crippen LogP contribution in [0, 0.1) is 5.82 Å². The molecule has 2 saturated heterocycles. The van der Waals surface area contributed by atoms with Crippen molar-refractivity contribution in [1.82, 2.24) is 4.90 Å². The average molecular weight is 354 g/mol. The van der Waals surface area contributed by atoms with E-state index in [-0.39, 0.29) is 17.8 Å². The van der Waals surface area contributed by atoms with E-state index in [1.54, 1.807) is 12.1 Å². The Bertz CT molecular complexity index is 772. The summed E-state index contributed by atoms with van der Waals surface area (Å²) in [5.41, 5.74) is 2.78. The number of nitrogens with zero attached hydrogens (tertiary/aromatic N) is 2. The van der Waals surface area contributed by atoms with E-state index in [1.165, 1.54) is 12.1 Å². The molecule has 2 heterocycles. The zero-order valence-corrected chi connectivity index (χ0v) is 14.7. The van der Waals surface area contributed by atoms with Gasteiger partial charge in [0.05, 0.1) is 19.3 Å². The molecule has 2 aromatic rings. The quantitative estimate of drug-likeness (QED) is 0.844. The van der Waals surface area contributed by atoms with Crippen LogP contribution in [-0.2, 0) is 4.74 Å². The first kappa shape index (κ1) is 17.0. The Hall–Kier alpha value is -2.40. The Labute approximate surface area is 153 Å². The van der Waals surface area contributed by atoms with Crippen LogP contribution in [0.15, 0.2) is 48.5 Å². The minimum absolute atomic E-state index is 0.0233. The fraction of sp³-hybridized carbons (Fsp3) is 0.381. The van der Waals surface area contributed by atoms with Crippen LogP contribution in [-0.4, -0.2) is 43.7 Å². The lowest BCUT2D eigenvalue weighted by Crippen LogP contribution is -2.36. The number of morpholine rings is 1. The number of rotatable bonds is 3. The average Bonchev–Trinajstić information content (AvgIpc) is 3.18. The van der Waals surface area contributed by atoms with Gasteiger partial charge in [0.15, 0.2) is 0 Å². The van der Waals surface area contributed by atoms with Gasteiger partial charge in [-0.3, -0.25) is 4.79 Å². The van der Waals surface area contributed by atoms with Crippen molar-refractivity contribution in [2.75, 3.05) is 37.7 Å². The van der Waals surface area contributed by atoms with E-state index in [2.05, 4.69) is 4.90 Å². The van der Waals surface area contributed by atoms with Gasteiger partial charge in [-0.1, -0.05) is 18.2 Å². The molecule has 0 unspecified atom stereocenters. The highest BCUT2D eigenvalue weighted by Crippen LogP contribution is 2.33. The molecule has 5 heteroatoms. The van der Waals surface area contributed by atoms with Crippen molar-refractivity contribution in [3.63, 3.8) is 0 Å². The summed E-state index contributed by atoms with van der Waals surface area (Å²) in [6.45, 7) is 3.87. The summed E-state index contributed by atoms with van der Waals surface area (Å²) >= 11 is 0. The highest BCUT2D eigenvalue weighted by molar-refractivity contribution is 5.95. The summed E-state index contributed by atoms with van der Waals surface area (Å²) in [6, 6.07) is 14.4. The van der Waals surface area contributed by atoms with Crippen molar-refractivity contribution in [3.05, 3.63) is 65.5 Å². The molecule has 2 aliphatic heterocycles. The first-order valence-corrected chi connectivity index (χ1v) is 9.21. The predicted octanol–water partition coefficient (Wildman–Crippen LogP) is 3.64. The fourth-order valence-corrected chi connectivity index (χ4v) is 3.86. The summed E-state index contributed by atoms with van der Waals surface area (Å²) in [7, 11) is 0. The van der Waals surface area contributed by atoms with Crippen LogP contribution in [0.4, 0.5) is 10.1 Å². The van der Waals surface area contributed by atoms with E-state index in [4.69, 9.17) is 4.74 Å². The highest BCUT2D eigenvalue weighted by Gasteiger charge is 2.30. The number of halogens is 1. The van der Waals surface area contributed by atoms with Gasteiger partial charge in [0, 0.05) is 30.9 Å². The zero-order valence-electron chi connectivity index (χ0n) is 14.7. The minimum Gasteiger partial charge on any atom is -0.378 e. The third-order valence-corrected chi connectivity index (χ3v) is 5.24. The number of carbonyl (C=O) groups is 1. The number of hydrogen-bond donors (Lipinski definition) is 0. The standard InChI is InChI=1S/C21H23FN2O2/c22-18-8-6-16(7-9-18)20-5-2-10-24(20)21(25)17-3-1-4-19(15-17)23-11-13-26-14-12-23/h1,3-4,6-9,15,20H,2,5,10-14H2/t20-/m1/s1. The first-order valence-electron chi connectivity index (χ1n) is 9.21. The van der Waals surface area contributed by atoms with Crippen molar-refractivity contribution in [2.45, 2.75) is 18.9 Å². The lowest BCUT2D eigenvalue weighted by atomic mass is 10.0. The number of amides is 1. The molecule has 0 radical (unpaired) electrons. The van der Waals surface area contributed by atoms with Gasteiger partial charge in [-0.05, 0) is 48.7 Å². The van der Waals surface area contributed by atoms with E-state index in [1.807, 2.05) is 29.2 Å². The minimum atomic E-state index is -0.247. The van der Waals surface area contributed by atoms with Gasteiger partial charge < -0.3 is 14.5 Å². The molecule has 2 aromatic carbocycles. The van der Waals surface area contributed by atoms with Gasteiger partial charge in [-0.15, -0.1) is 0 Å². The molecular weight excluding hydrogens is 331 g/mol. The Morgan fingerprint density at radius 1 is 1.04 bits per heavy atom. The summed E-state index contributed by atoms with van der Waals surface area (Å²) in [4.78, 5) is 17.3. The van der Waals surface area contributed by atoms with Crippen molar-refractivity contribution >= 4 is 11.6 Å². The van der Waals surface area contributed by atoms with Crippen molar-refractivity contribution in [1.29, 1.82) is 0 Å². The maximum Gasteiger partial charge on any atom is 0.254 e. The van der Waals surface area contributed by atoms with Crippen LogP contribution < -0.4 is 4.90 Å². The number of anilines is 1. The number of likely N-dealkylation sites (tertiary alicyclic amines) is 1. The third-order valence-electron chi connectivity index (χ3n) is 5.24. The van der Waals surface area contributed by atoms with Gasteiger partial charge in [0.25, 0.3) is 5.91 Å². The molecule has 4 rings (SSSR count). The van der Waals surface area contributed by atoms with Gasteiger partial charge in [0.2, 0.25) is 0 Å². The molecule has 136 valence electrons. The second-order valence-corrected chi connectivity index (χ2v) is 6.86. The Balaban J connectivity index is 1.55. The van der Waals surface area contributed by atoms with E-state index < -0.39 is 0 Å². The maximum absolute atomic E-state index is 13.2. The molecule has 2 fully saturated rings. The topological polar surface area (TPSA) is 32.8 Å².